The van der Waals surface area contributed by atoms with Gasteiger partial charge in [-0.05, 0) is 30.5 Å². The Labute approximate surface area is 152 Å². The lowest BCUT2D eigenvalue weighted by Crippen LogP contribution is -2.52. The largest absolute Gasteiger partial charge is 0.481 e. The number of carboxylic acids is 2. The van der Waals surface area contributed by atoms with Crippen LogP contribution in [0.4, 0.5) is 10.5 Å². The summed E-state index contributed by atoms with van der Waals surface area (Å²) < 4.78 is 0. The van der Waals surface area contributed by atoms with Crippen LogP contribution in [0.25, 0.3) is 0 Å². The van der Waals surface area contributed by atoms with Crippen molar-refractivity contribution >= 4 is 46.9 Å². The fourth-order valence-electron chi connectivity index (χ4n) is 3.79. The number of carbonyl (C=O) groups is 3. The minimum Gasteiger partial charge on any atom is -0.481 e. The van der Waals surface area contributed by atoms with Crippen molar-refractivity contribution < 1.29 is 24.6 Å². The molecule has 134 valence electrons. The summed E-state index contributed by atoms with van der Waals surface area (Å²) in [6, 6.07) is 3.22. The van der Waals surface area contributed by atoms with Gasteiger partial charge < -0.3 is 26.6 Å². The van der Waals surface area contributed by atoms with Gasteiger partial charge in [-0.2, -0.15) is 0 Å². The third kappa shape index (κ3) is 3.12. The lowest BCUT2D eigenvalue weighted by molar-refractivity contribution is -0.145. The highest BCUT2D eigenvalue weighted by molar-refractivity contribution is 6.35. The molecule has 0 radical (unpaired) electrons. The van der Waals surface area contributed by atoms with Crippen LogP contribution in [0, 0.1) is 17.8 Å². The minimum atomic E-state index is -1.66. The van der Waals surface area contributed by atoms with Gasteiger partial charge >= 0.3 is 18.0 Å². The Hall–Kier alpha value is -2.03. The van der Waals surface area contributed by atoms with Gasteiger partial charge in [-0.1, -0.05) is 23.2 Å². The van der Waals surface area contributed by atoms with Crippen LogP contribution in [0.1, 0.15) is 6.42 Å². The summed E-state index contributed by atoms with van der Waals surface area (Å²) in [4.78, 5) is 34.9. The number of anilines is 1. The Morgan fingerprint density at radius 2 is 1.76 bits per heavy atom. The van der Waals surface area contributed by atoms with Crippen molar-refractivity contribution in [3.8, 4) is 0 Å². The number of aliphatic carboxylic acids is 2. The number of halogens is 2. The standard InChI is InChI=1S/C15H15Cl2N3O5/c16-5-1-6(17)3-7(2-5)19-14(25)20-8-4-15(18,13(23)24)11-9(8)10(11)12(21)22/h1-3,8-11H,4,18H2,(H,21,22)(H,23,24)(H2,19,20,25)/t8-,9-,10-,11+,15-/m1/s1. The number of fused-ring (bicyclic) bond motifs is 1. The molecule has 5 atom stereocenters. The van der Waals surface area contributed by atoms with E-state index in [0.717, 1.165) is 0 Å². The lowest BCUT2D eigenvalue weighted by Gasteiger charge is -2.25. The zero-order chi connectivity index (χ0) is 18.5. The smallest absolute Gasteiger partial charge is 0.324 e. The van der Waals surface area contributed by atoms with E-state index in [-0.39, 0.29) is 6.42 Å². The van der Waals surface area contributed by atoms with Crippen LogP contribution in [0.5, 0.6) is 0 Å². The van der Waals surface area contributed by atoms with Crippen LogP contribution in [0.15, 0.2) is 18.2 Å². The first kappa shape index (κ1) is 17.8. The topological polar surface area (TPSA) is 142 Å². The summed E-state index contributed by atoms with van der Waals surface area (Å²) in [5.41, 5.74) is 4.60. The van der Waals surface area contributed by atoms with Crippen LogP contribution in [-0.2, 0) is 9.59 Å². The first-order valence-electron chi connectivity index (χ1n) is 7.42. The zero-order valence-electron chi connectivity index (χ0n) is 12.7. The molecule has 0 unspecified atom stereocenters. The molecule has 0 aliphatic heterocycles. The van der Waals surface area contributed by atoms with Crippen molar-refractivity contribution in [2.45, 2.75) is 18.0 Å². The van der Waals surface area contributed by atoms with Crippen LogP contribution < -0.4 is 16.4 Å². The molecule has 0 saturated heterocycles. The predicted octanol–water partition coefficient (Wildman–Crippen LogP) is 1.62. The average molecular weight is 388 g/mol. The van der Waals surface area contributed by atoms with Crippen molar-refractivity contribution in [3.05, 3.63) is 28.2 Å². The van der Waals surface area contributed by atoms with E-state index in [1.54, 1.807) is 0 Å². The van der Waals surface area contributed by atoms with Gasteiger partial charge in [0, 0.05) is 27.7 Å². The summed E-state index contributed by atoms with van der Waals surface area (Å²) >= 11 is 11.7. The molecule has 2 fully saturated rings. The molecule has 25 heavy (non-hydrogen) atoms. The maximum absolute atomic E-state index is 12.2. The second-order valence-corrected chi connectivity index (χ2v) is 7.25. The molecule has 0 spiro atoms. The number of hydrogen-bond donors (Lipinski definition) is 5. The number of nitrogens with two attached hydrogens (primary N) is 1. The normalized spacial score (nSPS) is 32.6. The Morgan fingerprint density at radius 1 is 1.16 bits per heavy atom. The van der Waals surface area contributed by atoms with Crippen LogP contribution >= 0.6 is 23.2 Å². The summed E-state index contributed by atoms with van der Waals surface area (Å²) in [5.74, 6) is -4.46. The average Bonchev–Trinajstić information content (AvgIpc) is 3.14. The fourth-order valence-corrected chi connectivity index (χ4v) is 4.32. The molecule has 2 saturated carbocycles. The summed E-state index contributed by atoms with van der Waals surface area (Å²) in [6.07, 6.45) is -0.0365. The van der Waals surface area contributed by atoms with E-state index >= 15 is 0 Å². The molecule has 8 nitrogen and oxygen atoms in total. The molecule has 0 heterocycles. The molecular weight excluding hydrogens is 373 g/mol. The fraction of sp³-hybridized carbons (Fsp3) is 0.400. The van der Waals surface area contributed by atoms with Crippen molar-refractivity contribution in [1.29, 1.82) is 0 Å². The van der Waals surface area contributed by atoms with Crippen LogP contribution in [-0.4, -0.2) is 39.8 Å². The maximum Gasteiger partial charge on any atom is 0.324 e. The summed E-state index contributed by atoms with van der Waals surface area (Å²) in [5, 5.41) is 24.4. The Balaban J connectivity index is 1.71. The van der Waals surface area contributed by atoms with E-state index in [1.807, 2.05) is 0 Å². The highest BCUT2D eigenvalue weighted by Crippen LogP contribution is 2.61. The van der Waals surface area contributed by atoms with Crippen molar-refractivity contribution in [2.75, 3.05) is 5.32 Å². The van der Waals surface area contributed by atoms with E-state index in [0.29, 0.717) is 15.7 Å². The highest BCUT2D eigenvalue weighted by Gasteiger charge is 2.74. The molecule has 1 aromatic carbocycles. The van der Waals surface area contributed by atoms with Crippen LogP contribution in [0.3, 0.4) is 0 Å². The second-order valence-electron chi connectivity index (χ2n) is 6.38. The lowest BCUT2D eigenvalue weighted by atomic mass is 9.90. The first-order chi connectivity index (χ1) is 11.6. The molecule has 0 bridgehead atoms. The third-order valence-corrected chi connectivity index (χ3v) is 5.25. The third-order valence-electron chi connectivity index (χ3n) is 4.81. The van der Waals surface area contributed by atoms with E-state index < -0.39 is 47.3 Å². The Bertz CT molecular complexity index is 753. The van der Waals surface area contributed by atoms with Gasteiger partial charge in [0.05, 0.1) is 5.92 Å². The monoisotopic (exact) mass is 387 g/mol. The predicted molar refractivity (Wildman–Crippen MR) is 89.7 cm³/mol. The molecule has 10 heteroatoms. The number of amides is 2. The van der Waals surface area contributed by atoms with Gasteiger partial charge in [0.1, 0.15) is 5.54 Å². The highest BCUT2D eigenvalue weighted by atomic mass is 35.5. The van der Waals surface area contributed by atoms with Crippen molar-refractivity contribution in [3.63, 3.8) is 0 Å². The molecule has 0 aromatic heterocycles. The number of rotatable bonds is 4. The summed E-state index contributed by atoms with van der Waals surface area (Å²) in [7, 11) is 0. The van der Waals surface area contributed by atoms with Crippen molar-refractivity contribution in [1.82, 2.24) is 5.32 Å². The molecule has 1 aromatic rings. The number of carbonyl (C=O) groups excluding carboxylic acids is 1. The van der Waals surface area contributed by atoms with Gasteiger partial charge in [0.15, 0.2) is 0 Å². The van der Waals surface area contributed by atoms with Gasteiger partial charge in [0.25, 0.3) is 0 Å². The van der Waals surface area contributed by atoms with Gasteiger partial charge in [-0.25, -0.2) is 4.79 Å². The van der Waals surface area contributed by atoms with E-state index in [9.17, 15) is 24.6 Å². The zero-order valence-corrected chi connectivity index (χ0v) is 14.2. The minimum absolute atomic E-state index is 0.0365. The second kappa shape index (κ2) is 6.05. The number of nitrogens with one attached hydrogen (secondary N) is 2. The number of urea groups is 1. The number of carboxylic acid groups (broad SMARTS) is 2. The molecule has 2 aliphatic rings. The molecule has 3 rings (SSSR count). The van der Waals surface area contributed by atoms with Crippen molar-refractivity contribution in [2.24, 2.45) is 23.5 Å². The van der Waals surface area contributed by atoms with Gasteiger partial charge in [0.2, 0.25) is 0 Å². The molecule has 2 amide bonds. The SMILES string of the molecule is N[C@]1(C(=O)O)C[C@@H](NC(=O)Nc2cc(Cl)cc(Cl)c2)[C@@H]2[C@@H](C(=O)O)[C@H]21. The van der Waals surface area contributed by atoms with Gasteiger partial charge in [-0.15, -0.1) is 0 Å². The Kier molecular flexibility index (Phi) is 4.30. The molecule has 2 aliphatic carbocycles. The van der Waals surface area contributed by atoms with E-state index in [4.69, 9.17) is 28.9 Å². The van der Waals surface area contributed by atoms with E-state index in [1.165, 1.54) is 18.2 Å². The first-order valence-corrected chi connectivity index (χ1v) is 8.18. The Morgan fingerprint density at radius 3 is 2.28 bits per heavy atom. The van der Waals surface area contributed by atoms with Gasteiger partial charge in [-0.3, -0.25) is 9.59 Å². The summed E-state index contributed by atoms with van der Waals surface area (Å²) in [6.45, 7) is 0. The van der Waals surface area contributed by atoms with Crippen LogP contribution in [0.2, 0.25) is 10.0 Å². The molecule has 6 N–H and O–H groups in total. The number of hydrogen-bond acceptors (Lipinski definition) is 4. The van der Waals surface area contributed by atoms with E-state index in [2.05, 4.69) is 10.6 Å². The number of benzene rings is 1. The quantitative estimate of drug-likeness (QED) is 0.531. The molecular formula is C15H15Cl2N3O5. The maximum atomic E-state index is 12.2.